The molecule has 1 heterocycles. The lowest BCUT2D eigenvalue weighted by atomic mass is 10.4. The molecule has 0 bridgehead atoms. The van der Waals surface area contributed by atoms with Crippen LogP contribution in [0.25, 0.3) is 0 Å². The maximum atomic E-state index is 11.0. The summed E-state index contributed by atoms with van der Waals surface area (Å²) in [5.74, 6) is 1.73. The molecule has 1 aliphatic rings. The molecule has 0 aliphatic heterocycles. The summed E-state index contributed by atoms with van der Waals surface area (Å²) in [6, 6.07) is 2.45. The van der Waals surface area contributed by atoms with Crippen molar-refractivity contribution in [2.24, 2.45) is 0 Å². The van der Waals surface area contributed by atoms with Crippen molar-refractivity contribution in [2.75, 3.05) is 23.8 Å². The molecule has 5 heteroatoms. The van der Waals surface area contributed by atoms with Crippen LogP contribution in [0.1, 0.15) is 19.8 Å². The van der Waals surface area contributed by atoms with Crippen LogP contribution in [-0.2, 0) is 4.79 Å². The molecule has 2 rings (SSSR count). The van der Waals surface area contributed by atoms with Crippen LogP contribution in [-0.4, -0.2) is 35.4 Å². The van der Waals surface area contributed by atoms with Gasteiger partial charge in [0.2, 0.25) is 0 Å². The molecule has 0 radical (unpaired) electrons. The fourth-order valence-electron chi connectivity index (χ4n) is 1.49. The molecule has 5 nitrogen and oxygen atoms in total. The van der Waals surface area contributed by atoms with Crippen molar-refractivity contribution >= 4 is 17.4 Å². The van der Waals surface area contributed by atoms with Gasteiger partial charge in [0.15, 0.2) is 0 Å². The van der Waals surface area contributed by atoms with E-state index in [-0.39, 0.29) is 5.78 Å². The summed E-state index contributed by atoms with van der Waals surface area (Å²) < 4.78 is 0. The molecular formula is C11H16N4O. The highest BCUT2D eigenvalue weighted by atomic mass is 16.1. The lowest BCUT2D eigenvalue weighted by Gasteiger charge is -2.16. The van der Waals surface area contributed by atoms with Gasteiger partial charge in [-0.05, 0) is 19.8 Å². The van der Waals surface area contributed by atoms with E-state index in [1.54, 1.807) is 6.92 Å². The first kappa shape index (κ1) is 10.9. The number of ketones is 1. The minimum atomic E-state index is 0.123. The second-order valence-electron chi connectivity index (χ2n) is 4.24. The van der Waals surface area contributed by atoms with Crippen molar-refractivity contribution in [1.82, 2.24) is 9.97 Å². The number of carbonyl (C=O) groups is 1. The summed E-state index contributed by atoms with van der Waals surface area (Å²) in [4.78, 5) is 21.1. The summed E-state index contributed by atoms with van der Waals surface area (Å²) in [5.41, 5.74) is 0. The summed E-state index contributed by atoms with van der Waals surface area (Å²) in [6.45, 7) is 1.95. The summed E-state index contributed by atoms with van der Waals surface area (Å²) in [7, 11) is 1.85. The van der Waals surface area contributed by atoms with Gasteiger partial charge < -0.3 is 10.2 Å². The number of anilines is 2. The Balaban J connectivity index is 2.04. The summed E-state index contributed by atoms with van der Waals surface area (Å²) >= 11 is 0. The first-order valence-corrected chi connectivity index (χ1v) is 5.44. The third kappa shape index (κ3) is 2.92. The quantitative estimate of drug-likeness (QED) is 0.804. The molecule has 1 aliphatic carbocycles. The molecule has 16 heavy (non-hydrogen) atoms. The first-order valence-electron chi connectivity index (χ1n) is 5.44. The average Bonchev–Trinajstić information content (AvgIpc) is 3.01. The minimum Gasteiger partial charge on any atom is -0.367 e. The van der Waals surface area contributed by atoms with Crippen molar-refractivity contribution < 1.29 is 4.79 Å². The predicted molar refractivity (Wildman–Crippen MR) is 62.6 cm³/mol. The topological polar surface area (TPSA) is 58.1 Å². The van der Waals surface area contributed by atoms with Gasteiger partial charge in [0, 0.05) is 19.2 Å². The van der Waals surface area contributed by atoms with Crippen LogP contribution in [0.4, 0.5) is 11.6 Å². The normalized spacial score (nSPS) is 14.6. The number of nitrogens with zero attached hydrogens (tertiary/aromatic N) is 3. The fourth-order valence-corrected chi connectivity index (χ4v) is 1.49. The molecule has 1 aromatic rings. The van der Waals surface area contributed by atoms with Crippen LogP contribution in [0.15, 0.2) is 12.4 Å². The van der Waals surface area contributed by atoms with Gasteiger partial charge in [0.1, 0.15) is 23.7 Å². The van der Waals surface area contributed by atoms with E-state index in [2.05, 4.69) is 15.3 Å². The smallest absolute Gasteiger partial charge is 0.149 e. The molecular weight excluding hydrogens is 204 g/mol. The highest BCUT2D eigenvalue weighted by Crippen LogP contribution is 2.24. The lowest BCUT2D eigenvalue weighted by molar-refractivity contribution is -0.115. The van der Waals surface area contributed by atoms with E-state index < -0.39 is 0 Å². The molecule has 0 amide bonds. The first-order chi connectivity index (χ1) is 7.65. The molecule has 0 atom stereocenters. The van der Waals surface area contributed by atoms with Crippen LogP contribution >= 0.6 is 0 Å². The van der Waals surface area contributed by atoms with Gasteiger partial charge >= 0.3 is 0 Å². The van der Waals surface area contributed by atoms with E-state index in [0.717, 1.165) is 11.6 Å². The number of hydrogen-bond acceptors (Lipinski definition) is 5. The second-order valence-corrected chi connectivity index (χ2v) is 4.24. The van der Waals surface area contributed by atoms with Gasteiger partial charge in [-0.1, -0.05) is 0 Å². The molecule has 0 spiro atoms. The lowest BCUT2D eigenvalue weighted by Crippen LogP contribution is -2.24. The number of Topliss-reactive ketones (excluding diaryl/α,β-unsaturated/α-hetero) is 1. The Bertz CT molecular complexity index is 389. The Labute approximate surface area is 94.9 Å². The molecule has 0 unspecified atom stereocenters. The third-order valence-electron chi connectivity index (χ3n) is 2.43. The van der Waals surface area contributed by atoms with E-state index >= 15 is 0 Å². The Morgan fingerprint density at radius 1 is 1.56 bits per heavy atom. The number of hydrogen-bond donors (Lipinski definition) is 1. The zero-order valence-electron chi connectivity index (χ0n) is 9.60. The maximum absolute atomic E-state index is 11.0. The standard InChI is InChI=1S/C11H16N4O/c1-8(16)6-15(2)11-5-10(12-7-13-11)14-9-3-4-9/h5,7,9H,3-4,6H2,1-2H3,(H,12,13,14). The zero-order chi connectivity index (χ0) is 11.5. The molecule has 1 aromatic heterocycles. The Morgan fingerprint density at radius 2 is 2.31 bits per heavy atom. The van der Waals surface area contributed by atoms with Gasteiger partial charge in [0.05, 0.1) is 6.54 Å². The van der Waals surface area contributed by atoms with E-state index in [4.69, 9.17) is 0 Å². The van der Waals surface area contributed by atoms with Crippen molar-refractivity contribution in [3.05, 3.63) is 12.4 Å². The minimum absolute atomic E-state index is 0.123. The third-order valence-corrected chi connectivity index (χ3v) is 2.43. The fraction of sp³-hybridized carbons (Fsp3) is 0.545. The highest BCUT2D eigenvalue weighted by molar-refractivity contribution is 5.80. The Kier molecular flexibility index (Phi) is 3.03. The van der Waals surface area contributed by atoms with E-state index in [1.807, 2.05) is 18.0 Å². The summed E-state index contributed by atoms with van der Waals surface area (Å²) in [6.07, 6.45) is 3.95. The van der Waals surface area contributed by atoms with Gasteiger partial charge in [0.25, 0.3) is 0 Å². The van der Waals surface area contributed by atoms with Gasteiger partial charge in [-0.25, -0.2) is 9.97 Å². The van der Waals surface area contributed by atoms with Crippen LogP contribution in [0.3, 0.4) is 0 Å². The number of nitrogens with one attached hydrogen (secondary N) is 1. The Morgan fingerprint density at radius 3 is 2.94 bits per heavy atom. The summed E-state index contributed by atoms with van der Waals surface area (Å²) in [5, 5.41) is 3.30. The van der Waals surface area contributed by atoms with Crippen LogP contribution in [0.5, 0.6) is 0 Å². The predicted octanol–water partition coefficient (Wildman–Crippen LogP) is 1.08. The molecule has 0 saturated heterocycles. The monoisotopic (exact) mass is 220 g/mol. The van der Waals surface area contributed by atoms with Crippen LogP contribution in [0.2, 0.25) is 0 Å². The molecule has 1 N–H and O–H groups in total. The number of rotatable bonds is 5. The highest BCUT2D eigenvalue weighted by Gasteiger charge is 2.21. The molecule has 1 saturated carbocycles. The Hall–Kier alpha value is -1.65. The molecule has 1 fully saturated rings. The van der Waals surface area contributed by atoms with E-state index in [0.29, 0.717) is 12.6 Å². The maximum Gasteiger partial charge on any atom is 0.149 e. The van der Waals surface area contributed by atoms with E-state index in [1.165, 1.54) is 19.2 Å². The zero-order valence-corrected chi connectivity index (χ0v) is 9.60. The van der Waals surface area contributed by atoms with Crippen molar-refractivity contribution in [3.8, 4) is 0 Å². The number of likely N-dealkylation sites (N-methyl/N-ethyl adjacent to an activating group) is 1. The average molecular weight is 220 g/mol. The van der Waals surface area contributed by atoms with Gasteiger partial charge in [-0.3, -0.25) is 4.79 Å². The second kappa shape index (κ2) is 4.47. The van der Waals surface area contributed by atoms with Crippen molar-refractivity contribution in [2.45, 2.75) is 25.8 Å². The van der Waals surface area contributed by atoms with E-state index in [9.17, 15) is 4.79 Å². The van der Waals surface area contributed by atoms with Crippen LogP contribution < -0.4 is 10.2 Å². The van der Waals surface area contributed by atoms with Crippen molar-refractivity contribution in [1.29, 1.82) is 0 Å². The molecule has 0 aromatic carbocycles. The van der Waals surface area contributed by atoms with Crippen LogP contribution in [0, 0.1) is 0 Å². The molecule has 86 valence electrons. The largest absolute Gasteiger partial charge is 0.367 e. The van der Waals surface area contributed by atoms with Gasteiger partial charge in [-0.2, -0.15) is 0 Å². The number of aromatic nitrogens is 2. The SMILES string of the molecule is CC(=O)CN(C)c1cc(NC2CC2)ncn1. The van der Waals surface area contributed by atoms with Crippen molar-refractivity contribution in [3.63, 3.8) is 0 Å². The number of carbonyl (C=O) groups excluding carboxylic acids is 1. The van der Waals surface area contributed by atoms with Gasteiger partial charge in [-0.15, -0.1) is 0 Å².